The van der Waals surface area contributed by atoms with Crippen LogP contribution < -0.4 is 11.1 Å². The number of nitrogens with two attached hydrogens (primary N) is 1. The lowest BCUT2D eigenvalue weighted by molar-refractivity contribution is -0.124. The number of rotatable bonds is 6. The van der Waals surface area contributed by atoms with Crippen molar-refractivity contribution >= 4 is 11.7 Å². The van der Waals surface area contributed by atoms with Crippen molar-refractivity contribution in [3.63, 3.8) is 0 Å². The molecule has 1 aliphatic rings. The van der Waals surface area contributed by atoms with E-state index in [9.17, 15) is 4.79 Å². The minimum absolute atomic E-state index is 0.0330. The molecule has 1 rings (SSSR count). The van der Waals surface area contributed by atoms with Crippen molar-refractivity contribution in [1.29, 1.82) is 0 Å². The fraction of sp³-hybridized carbons (Fsp3) is 0.846. The van der Waals surface area contributed by atoms with Crippen LogP contribution in [0.25, 0.3) is 0 Å². The van der Waals surface area contributed by atoms with Crippen molar-refractivity contribution in [2.75, 3.05) is 6.54 Å². The molecule has 0 aliphatic heterocycles. The third kappa shape index (κ3) is 2.94. The number of nitrogens with zero attached hydrogens (tertiary/aromatic N) is 1. The van der Waals surface area contributed by atoms with E-state index in [1.54, 1.807) is 0 Å². The molecule has 0 bridgehead atoms. The maximum atomic E-state index is 12.1. The van der Waals surface area contributed by atoms with Gasteiger partial charge in [0, 0.05) is 6.54 Å². The van der Waals surface area contributed by atoms with E-state index >= 15 is 0 Å². The van der Waals surface area contributed by atoms with Gasteiger partial charge < -0.3 is 16.3 Å². The quantitative estimate of drug-likeness (QED) is 0.291. The first-order valence-corrected chi connectivity index (χ1v) is 6.61. The molecule has 5 nitrogen and oxygen atoms in total. The molecular weight excluding hydrogens is 230 g/mol. The molecule has 0 aromatic rings. The zero-order valence-corrected chi connectivity index (χ0v) is 11.7. The molecule has 0 aromatic heterocycles. The first kappa shape index (κ1) is 14.8. The Kier molecular flexibility index (Phi) is 4.59. The predicted molar refractivity (Wildman–Crippen MR) is 71.3 cm³/mol. The van der Waals surface area contributed by atoms with Crippen LogP contribution in [0.5, 0.6) is 0 Å². The number of amides is 1. The summed E-state index contributed by atoms with van der Waals surface area (Å²) in [5.74, 6) is 1.40. The van der Waals surface area contributed by atoms with Gasteiger partial charge in [0.25, 0.3) is 0 Å². The van der Waals surface area contributed by atoms with Crippen molar-refractivity contribution in [2.45, 2.75) is 40.5 Å². The van der Waals surface area contributed by atoms with E-state index < -0.39 is 5.41 Å². The summed E-state index contributed by atoms with van der Waals surface area (Å²) in [6.45, 7) is 9.29. The molecule has 0 unspecified atom stereocenters. The van der Waals surface area contributed by atoms with Crippen LogP contribution in [0.15, 0.2) is 5.16 Å². The summed E-state index contributed by atoms with van der Waals surface area (Å²) in [6.07, 6.45) is 1.34. The highest BCUT2D eigenvalue weighted by Crippen LogP contribution is 2.46. The SMILES string of the molecule is CC(C)C(CNC(=O)C1(C(N)=NO)CC1)C(C)C. The Morgan fingerprint density at radius 2 is 1.83 bits per heavy atom. The number of hydrogen-bond acceptors (Lipinski definition) is 3. The van der Waals surface area contributed by atoms with Crippen LogP contribution in [-0.4, -0.2) is 23.5 Å². The van der Waals surface area contributed by atoms with Crippen LogP contribution in [0.3, 0.4) is 0 Å². The van der Waals surface area contributed by atoms with E-state index in [2.05, 4.69) is 38.2 Å². The Bertz CT molecular complexity index is 325. The molecule has 0 atom stereocenters. The van der Waals surface area contributed by atoms with E-state index in [-0.39, 0.29) is 11.7 Å². The minimum atomic E-state index is -0.743. The normalized spacial score (nSPS) is 18.5. The summed E-state index contributed by atoms with van der Waals surface area (Å²) in [5, 5.41) is 14.6. The third-order valence-electron chi connectivity index (χ3n) is 3.99. The summed E-state index contributed by atoms with van der Waals surface area (Å²) < 4.78 is 0. The average molecular weight is 255 g/mol. The second-order valence-electron chi connectivity index (χ2n) is 5.93. The highest BCUT2D eigenvalue weighted by atomic mass is 16.4. The topological polar surface area (TPSA) is 87.7 Å². The standard InChI is InChI=1S/C13H25N3O2/c1-8(2)10(9(3)4)7-15-12(17)13(5-6-13)11(14)16-18/h8-10,18H,5-7H2,1-4H3,(H2,14,16)(H,15,17). The van der Waals surface area contributed by atoms with Gasteiger partial charge in [0.05, 0.1) is 0 Å². The second-order valence-corrected chi connectivity index (χ2v) is 5.93. The van der Waals surface area contributed by atoms with Gasteiger partial charge in [-0.3, -0.25) is 4.79 Å². The Hall–Kier alpha value is -1.26. The van der Waals surface area contributed by atoms with Crippen LogP contribution >= 0.6 is 0 Å². The molecule has 0 radical (unpaired) electrons. The molecule has 18 heavy (non-hydrogen) atoms. The van der Waals surface area contributed by atoms with Crippen LogP contribution in [0.4, 0.5) is 0 Å². The monoisotopic (exact) mass is 255 g/mol. The van der Waals surface area contributed by atoms with Gasteiger partial charge in [-0.1, -0.05) is 32.9 Å². The minimum Gasteiger partial charge on any atom is -0.409 e. The molecule has 0 aromatic carbocycles. The van der Waals surface area contributed by atoms with Crippen molar-refractivity contribution in [2.24, 2.45) is 34.1 Å². The highest BCUT2D eigenvalue weighted by Gasteiger charge is 2.54. The largest absolute Gasteiger partial charge is 0.409 e. The number of carbonyl (C=O) groups is 1. The maximum Gasteiger partial charge on any atom is 0.233 e. The van der Waals surface area contributed by atoms with Crippen LogP contribution in [0.2, 0.25) is 0 Å². The maximum absolute atomic E-state index is 12.1. The van der Waals surface area contributed by atoms with Gasteiger partial charge >= 0.3 is 0 Å². The number of nitrogens with one attached hydrogen (secondary N) is 1. The second kappa shape index (κ2) is 5.59. The van der Waals surface area contributed by atoms with Gasteiger partial charge in [-0.2, -0.15) is 0 Å². The van der Waals surface area contributed by atoms with Gasteiger partial charge in [0.2, 0.25) is 5.91 Å². The van der Waals surface area contributed by atoms with Gasteiger partial charge in [0.15, 0.2) is 5.84 Å². The molecule has 0 saturated heterocycles. The number of amidine groups is 1. The van der Waals surface area contributed by atoms with Crippen molar-refractivity contribution in [3.8, 4) is 0 Å². The lowest BCUT2D eigenvalue weighted by atomic mass is 9.85. The van der Waals surface area contributed by atoms with Crippen molar-refractivity contribution in [1.82, 2.24) is 5.32 Å². The molecule has 1 saturated carbocycles. The number of carbonyl (C=O) groups excluding carboxylic acids is 1. The Balaban J connectivity index is 2.56. The summed E-state index contributed by atoms with van der Waals surface area (Å²) in [7, 11) is 0. The summed E-state index contributed by atoms with van der Waals surface area (Å²) in [4.78, 5) is 12.1. The molecule has 1 fully saturated rings. The third-order valence-corrected chi connectivity index (χ3v) is 3.99. The first-order valence-electron chi connectivity index (χ1n) is 6.61. The number of hydrogen-bond donors (Lipinski definition) is 3. The Morgan fingerprint density at radius 3 is 2.17 bits per heavy atom. The van der Waals surface area contributed by atoms with Gasteiger partial charge in [-0.25, -0.2) is 0 Å². The van der Waals surface area contributed by atoms with Crippen LogP contribution in [-0.2, 0) is 4.79 Å². The fourth-order valence-electron chi connectivity index (χ4n) is 2.44. The number of oxime groups is 1. The van der Waals surface area contributed by atoms with E-state index in [0.717, 1.165) is 0 Å². The lowest BCUT2D eigenvalue weighted by Gasteiger charge is -2.26. The molecular formula is C13H25N3O2. The Morgan fingerprint density at radius 1 is 1.33 bits per heavy atom. The molecule has 4 N–H and O–H groups in total. The van der Waals surface area contributed by atoms with E-state index in [1.165, 1.54) is 0 Å². The summed E-state index contributed by atoms with van der Waals surface area (Å²) in [5.41, 5.74) is 4.84. The molecule has 104 valence electrons. The van der Waals surface area contributed by atoms with Crippen LogP contribution in [0.1, 0.15) is 40.5 Å². The van der Waals surface area contributed by atoms with Gasteiger partial charge in [0.1, 0.15) is 5.41 Å². The first-order chi connectivity index (χ1) is 8.35. The fourth-order valence-corrected chi connectivity index (χ4v) is 2.44. The predicted octanol–water partition coefficient (Wildman–Crippen LogP) is 1.56. The highest BCUT2D eigenvalue weighted by molar-refractivity contribution is 6.09. The smallest absolute Gasteiger partial charge is 0.233 e. The summed E-state index contributed by atoms with van der Waals surface area (Å²) in [6, 6.07) is 0. The van der Waals surface area contributed by atoms with Crippen molar-refractivity contribution < 1.29 is 10.0 Å². The van der Waals surface area contributed by atoms with Crippen molar-refractivity contribution in [3.05, 3.63) is 0 Å². The molecule has 0 heterocycles. The van der Waals surface area contributed by atoms with Crippen LogP contribution in [0, 0.1) is 23.2 Å². The average Bonchev–Trinajstić information content (AvgIpc) is 3.08. The van der Waals surface area contributed by atoms with Gasteiger partial charge in [-0.15, -0.1) is 0 Å². The zero-order chi connectivity index (χ0) is 13.9. The van der Waals surface area contributed by atoms with E-state index in [1.807, 2.05) is 0 Å². The van der Waals surface area contributed by atoms with E-state index in [0.29, 0.717) is 37.1 Å². The zero-order valence-electron chi connectivity index (χ0n) is 11.7. The lowest BCUT2D eigenvalue weighted by Crippen LogP contribution is -2.43. The molecule has 5 heteroatoms. The summed E-state index contributed by atoms with van der Waals surface area (Å²) >= 11 is 0. The Labute approximate surface area is 109 Å². The van der Waals surface area contributed by atoms with Gasteiger partial charge in [-0.05, 0) is 30.6 Å². The molecule has 0 spiro atoms. The van der Waals surface area contributed by atoms with E-state index in [4.69, 9.17) is 10.9 Å². The molecule has 1 amide bonds. The molecule has 1 aliphatic carbocycles.